The molecule has 0 aliphatic heterocycles. The molecule has 2 rings (SSSR count). The first-order valence-electron chi connectivity index (χ1n) is 6.28. The van der Waals surface area contributed by atoms with Gasteiger partial charge in [0.1, 0.15) is 5.75 Å². The van der Waals surface area contributed by atoms with Crippen LogP contribution in [0.5, 0.6) is 5.75 Å². The predicted octanol–water partition coefficient (Wildman–Crippen LogP) is 2.07. The summed E-state index contributed by atoms with van der Waals surface area (Å²) in [6, 6.07) is 12.3. The molecule has 2 aromatic carbocycles. The minimum atomic E-state index is -3.74. The fourth-order valence-corrected chi connectivity index (χ4v) is 2.85. The molecule has 0 amide bonds. The molecule has 0 heterocycles. The number of Topliss-reactive ketones (excluding diaryl/α,β-unsaturated/α-hetero) is 1. The van der Waals surface area contributed by atoms with Crippen molar-refractivity contribution in [3.8, 4) is 5.75 Å². The zero-order valence-corrected chi connectivity index (χ0v) is 12.2. The summed E-state index contributed by atoms with van der Waals surface area (Å²) in [6.07, 6.45) is 0. The summed E-state index contributed by atoms with van der Waals surface area (Å²) in [5.74, 6) is -0.176. The molecule has 0 saturated carbocycles. The van der Waals surface area contributed by atoms with Crippen molar-refractivity contribution in [2.45, 2.75) is 18.4 Å². The van der Waals surface area contributed by atoms with Crippen molar-refractivity contribution in [1.29, 1.82) is 0 Å². The van der Waals surface area contributed by atoms with E-state index in [9.17, 15) is 18.3 Å². The molecular weight excluding hydrogens is 290 g/mol. The normalized spacial score (nSPS) is 11.3. The van der Waals surface area contributed by atoms with E-state index < -0.39 is 10.0 Å². The predicted molar refractivity (Wildman–Crippen MR) is 78.6 cm³/mol. The van der Waals surface area contributed by atoms with Crippen molar-refractivity contribution in [1.82, 2.24) is 4.72 Å². The van der Waals surface area contributed by atoms with E-state index >= 15 is 0 Å². The van der Waals surface area contributed by atoms with Gasteiger partial charge in [0.05, 0.1) is 4.90 Å². The Morgan fingerprint density at radius 1 is 1.14 bits per heavy atom. The number of benzene rings is 2. The number of phenolic OH excluding ortho intramolecular Hbond substituents is 1. The fraction of sp³-hybridized carbons (Fsp3) is 0.133. The first-order valence-corrected chi connectivity index (χ1v) is 7.76. The van der Waals surface area contributed by atoms with Crippen LogP contribution in [0.1, 0.15) is 22.8 Å². The van der Waals surface area contributed by atoms with Gasteiger partial charge in [-0.2, -0.15) is 0 Å². The summed E-state index contributed by atoms with van der Waals surface area (Å²) in [6.45, 7) is 1.35. The van der Waals surface area contributed by atoms with Crippen molar-refractivity contribution >= 4 is 15.8 Å². The van der Waals surface area contributed by atoms with Crippen LogP contribution in [0.2, 0.25) is 0 Å². The van der Waals surface area contributed by atoms with E-state index in [0.29, 0.717) is 11.1 Å². The van der Waals surface area contributed by atoms with Crippen LogP contribution in [-0.4, -0.2) is 19.3 Å². The van der Waals surface area contributed by atoms with Crippen LogP contribution >= 0.6 is 0 Å². The Kier molecular flexibility index (Phi) is 4.40. The van der Waals surface area contributed by atoms with Gasteiger partial charge in [0.25, 0.3) is 0 Å². The van der Waals surface area contributed by atoms with E-state index in [1.807, 2.05) is 0 Å². The Morgan fingerprint density at radius 2 is 1.86 bits per heavy atom. The minimum Gasteiger partial charge on any atom is -0.508 e. The Morgan fingerprint density at radius 3 is 2.52 bits per heavy atom. The largest absolute Gasteiger partial charge is 0.508 e. The van der Waals surface area contributed by atoms with Gasteiger partial charge in [0.15, 0.2) is 5.78 Å². The van der Waals surface area contributed by atoms with Crippen LogP contribution in [0.4, 0.5) is 0 Å². The van der Waals surface area contributed by atoms with Crippen LogP contribution < -0.4 is 4.72 Å². The lowest BCUT2D eigenvalue weighted by molar-refractivity contribution is 0.101. The molecule has 2 N–H and O–H groups in total. The van der Waals surface area contributed by atoms with Crippen LogP contribution in [0.15, 0.2) is 53.4 Å². The van der Waals surface area contributed by atoms with E-state index in [0.717, 1.165) is 0 Å². The summed E-state index contributed by atoms with van der Waals surface area (Å²) >= 11 is 0. The molecule has 0 saturated heterocycles. The van der Waals surface area contributed by atoms with Gasteiger partial charge in [-0.25, -0.2) is 13.1 Å². The number of rotatable bonds is 5. The monoisotopic (exact) mass is 305 g/mol. The quantitative estimate of drug-likeness (QED) is 0.828. The highest BCUT2D eigenvalue weighted by Gasteiger charge is 2.15. The second kappa shape index (κ2) is 6.07. The topological polar surface area (TPSA) is 83.5 Å². The van der Waals surface area contributed by atoms with Crippen LogP contribution in [0, 0.1) is 0 Å². The molecule has 0 fully saturated rings. The van der Waals surface area contributed by atoms with Gasteiger partial charge < -0.3 is 5.11 Å². The summed E-state index contributed by atoms with van der Waals surface area (Å²) < 4.78 is 26.8. The first-order chi connectivity index (χ1) is 9.90. The summed E-state index contributed by atoms with van der Waals surface area (Å²) in [4.78, 5) is 11.3. The number of carbonyl (C=O) groups is 1. The molecule has 0 aromatic heterocycles. The molecule has 110 valence electrons. The van der Waals surface area contributed by atoms with Gasteiger partial charge in [-0.15, -0.1) is 0 Å². The molecule has 0 atom stereocenters. The minimum absolute atomic E-state index is 0.0191. The number of nitrogens with one attached hydrogen (secondary N) is 1. The molecule has 2 aromatic rings. The van der Waals surface area contributed by atoms with Crippen LogP contribution in [-0.2, 0) is 16.6 Å². The highest BCUT2D eigenvalue weighted by Crippen LogP contribution is 2.17. The SMILES string of the molecule is CC(=O)c1cccc(S(=O)(=O)NCc2ccccc2O)c1. The van der Waals surface area contributed by atoms with Crippen molar-refractivity contribution in [2.24, 2.45) is 0 Å². The second-order valence-corrected chi connectivity index (χ2v) is 6.30. The lowest BCUT2D eigenvalue weighted by Crippen LogP contribution is -2.23. The van der Waals surface area contributed by atoms with Crippen LogP contribution in [0.25, 0.3) is 0 Å². The number of hydrogen-bond acceptors (Lipinski definition) is 4. The van der Waals surface area contributed by atoms with Crippen molar-refractivity contribution in [2.75, 3.05) is 0 Å². The lowest BCUT2D eigenvalue weighted by atomic mass is 10.2. The molecule has 6 heteroatoms. The highest BCUT2D eigenvalue weighted by molar-refractivity contribution is 7.89. The van der Waals surface area contributed by atoms with Gasteiger partial charge >= 0.3 is 0 Å². The van der Waals surface area contributed by atoms with E-state index in [4.69, 9.17) is 0 Å². The summed E-state index contributed by atoms with van der Waals surface area (Å²) in [5, 5.41) is 9.62. The molecule has 0 aliphatic rings. The molecule has 5 nitrogen and oxygen atoms in total. The molecule has 21 heavy (non-hydrogen) atoms. The van der Waals surface area contributed by atoms with E-state index in [1.54, 1.807) is 24.3 Å². The molecule has 0 aliphatic carbocycles. The third-order valence-corrected chi connectivity index (χ3v) is 4.39. The Bertz CT molecular complexity index is 769. The number of aromatic hydroxyl groups is 1. The van der Waals surface area contributed by atoms with Crippen molar-refractivity contribution in [3.05, 3.63) is 59.7 Å². The summed E-state index contributed by atoms with van der Waals surface area (Å²) in [5.41, 5.74) is 0.809. The Hall–Kier alpha value is -2.18. The van der Waals surface area contributed by atoms with Crippen LogP contribution in [0.3, 0.4) is 0 Å². The first kappa shape index (κ1) is 15.2. The van der Waals surface area contributed by atoms with Crippen molar-refractivity contribution < 1.29 is 18.3 Å². The molecular formula is C15H15NO4S. The van der Waals surface area contributed by atoms with Gasteiger partial charge in [-0.05, 0) is 25.1 Å². The maximum atomic E-state index is 12.2. The maximum Gasteiger partial charge on any atom is 0.240 e. The zero-order valence-electron chi connectivity index (χ0n) is 11.4. The Balaban J connectivity index is 2.21. The number of hydrogen-bond donors (Lipinski definition) is 2. The lowest BCUT2D eigenvalue weighted by Gasteiger charge is -2.08. The van der Waals surface area contributed by atoms with E-state index in [-0.39, 0.29) is 23.0 Å². The van der Waals surface area contributed by atoms with Gasteiger partial charge in [0, 0.05) is 17.7 Å². The zero-order chi connectivity index (χ0) is 15.5. The number of ketones is 1. The van der Waals surface area contributed by atoms with E-state index in [1.165, 1.54) is 31.2 Å². The molecule has 0 bridgehead atoms. The van der Waals surface area contributed by atoms with Crippen molar-refractivity contribution in [3.63, 3.8) is 0 Å². The van der Waals surface area contributed by atoms with Gasteiger partial charge in [0.2, 0.25) is 10.0 Å². The third-order valence-electron chi connectivity index (χ3n) is 3.00. The molecule has 0 spiro atoms. The smallest absolute Gasteiger partial charge is 0.240 e. The number of phenols is 1. The van der Waals surface area contributed by atoms with Gasteiger partial charge in [-0.3, -0.25) is 4.79 Å². The summed E-state index contributed by atoms with van der Waals surface area (Å²) in [7, 11) is -3.74. The van der Waals surface area contributed by atoms with Gasteiger partial charge in [-0.1, -0.05) is 30.3 Å². The highest BCUT2D eigenvalue weighted by atomic mass is 32.2. The second-order valence-electron chi connectivity index (χ2n) is 4.54. The average molecular weight is 305 g/mol. The third kappa shape index (κ3) is 3.68. The maximum absolute atomic E-state index is 12.2. The van der Waals surface area contributed by atoms with E-state index in [2.05, 4.69) is 4.72 Å². The standard InChI is InChI=1S/C15H15NO4S/c1-11(17)12-6-4-7-14(9-12)21(19,20)16-10-13-5-2-3-8-15(13)18/h2-9,16,18H,10H2,1H3. The number of carbonyl (C=O) groups excluding carboxylic acids is 1. The number of sulfonamides is 1. The number of para-hydroxylation sites is 1. The molecule has 0 radical (unpaired) electrons. The average Bonchev–Trinajstić information content (AvgIpc) is 2.46. The Labute approximate surface area is 123 Å². The molecule has 0 unspecified atom stereocenters. The fourth-order valence-electron chi connectivity index (χ4n) is 1.80.